The highest BCUT2D eigenvalue weighted by Crippen LogP contribution is 2.31. The van der Waals surface area contributed by atoms with Crippen molar-refractivity contribution < 1.29 is 9.90 Å². The molecule has 0 amide bonds. The van der Waals surface area contributed by atoms with Gasteiger partial charge in [-0.1, -0.05) is 18.0 Å². The monoisotopic (exact) mass is 271 g/mol. The highest BCUT2D eigenvalue weighted by atomic mass is 35.5. The van der Waals surface area contributed by atoms with Crippen molar-refractivity contribution in [1.82, 2.24) is 14.9 Å². The Balaban J connectivity index is 1.82. The van der Waals surface area contributed by atoms with Crippen LogP contribution in [0.3, 0.4) is 0 Å². The Hall–Kier alpha value is -1.07. The van der Waals surface area contributed by atoms with E-state index in [2.05, 4.69) is 10.3 Å². The fourth-order valence-corrected chi connectivity index (χ4v) is 2.71. The van der Waals surface area contributed by atoms with Crippen molar-refractivity contribution >= 4 is 17.6 Å². The summed E-state index contributed by atoms with van der Waals surface area (Å²) < 4.78 is 1.82. The van der Waals surface area contributed by atoms with Crippen LogP contribution in [0.15, 0.2) is 6.20 Å². The van der Waals surface area contributed by atoms with Gasteiger partial charge in [0.1, 0.15) is 11.0 Å². The first-order valence-corrected chi connectivity index (χ1v) is 6.57. The molecule has 2 rings (SSSR count). The zero-order valence-corrected chi connectivity index (χ0v) is 11.2. The lowest BCUT2D eigenvalue weighted by Crippen LogP contribution is -2.29. The quantitative estimate of drug-likeness (QED) is 0.855. The Morgan fingerprint density at radius 1 is 1.67 bits per heavy atom. The summed E-state index contributed by atoms with van der Waals surface area (Å²) in [6, 6.07) is 0. The van der Waals surface area contributed by atoms with Crippen LogP contribution in [0.1, 0.15) is 25.1 Å². The van der Waals surface area contributed by atoms with Crippen molar-refractivity contribution in [2.45, 2.75) is 25.8 Å². The Bertz CT molecular complexity index is 433. The molecule has 1 aromatic heterocycles. The number of carbonyl (C=O) groups is 1. The molecule has 0 bridgehead atoms. The van der Waals surface area contributed by atoms with E-state index in [9.17, 15) is 4.79 Å². The summed E-state index contributed by atoms with van der Waals surface area (Å²) >= 11 is 5.90. The lowest BCUT2D eigenvalue weighted by molar-refractivity contribution is -0.142. The van der Waals surface area contributed by atoms with Crippen molar-refractivity contribution in [2.75, 3.05) is 6.54 Å². The van der Waals surface area contributed by atoms with E-state index in [1.54, 1.807) is 6.20 Å². The van der Waals surface area contributed by atoms with Gasteiger partial charge in [0, 0.05) is 7.05 Å². The molecule has 1 aliphatic rings. The number of nitrogens with one attached hydrogen (secondary N) is 1. The molecule has 0 radical (unpaired) electrons. The number of aromatic nitrogens is 2. The molecule has 1 aromatic rings. The number of nitrogens with zero attached hydrogens (tertiary/aromatic N) is 2. The molecule has 1 aliphatic carbocycles. The summed E-state index contributed by atoms with van der Waals surface area (Å²) in [4.78, 5) is 15.2. The van der Waals surface area contributed by atoms with Crippen LogP contribution in [0.4, 0.5) is 0 Å². The fourth-order valence-electron chi connectivity index (χ4n) is 2.56. The molecule has 100 valence electrons. The number of hydrogen-bond acceptors (Lipinski definition) is 3. The molecular formula is C12H18ClN3O2. The minimum absolute atomic E-state index is 0.192. The lowest BCUT2D eigenvalue weighted by atomic mass is 9.96. The minimum Gasteiger partial charge on any atom is -0.481 e. The van der Waals surface area contributed by atoms with Gasteiger partial charge in [0.2, 0.25) is 0 Å². The maximum atomic E-state index is 11.0. The van der Waals surface area contributed by atoms with Gasteiger partial charge in [-0.15, -0.1) is 0 Å². The Morgan fingerprint density at radius 2 is 2.44 bits per heavy atom. The van der Waals surface area contributed by atoms with Crippen molar-refractivity contribution in [3.05, 3.63) is 17.2 Å². The third kappa shape index (κ3) is 2.84. The molecule has 2 N–H and O–H groups in total. The van der Waals surface area contributed by atoms with E-state index < -0.39 is 5.97 Å². The largest absolute Gasteiger partial charge is 0.481 e. The van der Waals surface area contributed by atoms with Gasteiger partial charge in [-0.05, 0) is 25.3 Å². The highest BCUT2D eigenvalue weighted by molar-refractivity contribution is 6.29. The summed E-state index contributed by atoms with van der Waals surface area (Å²) in [6.07, 6.45) is 4.42. The molecule has 1 fully saturated rings. The fraction of sp³-hybridized carbons (Fsp3) is 0.667. The van der Waals surface area contributed by atoms with Crippen LogP contribution in [-0.4, -0.2) is 27.2 Å². The maximum Gasteiger partial charge on any atom is 0.306 e. The highest BCUT2D eigenvalue weighted by Gasteiger charge is 2.32. The SMILES string of the molecule is Cn1c(Cl)cnc1CNCC1CCCC1C(=O)O. The van der Waals surface area contributed by atoms with Gasteiger partial charge in [0.25, 0.3) is 0 Å². The van der Waals surface area contributed by atoms with Gasteiger partial charge in [-0.2, -0.15) is 0 Å². The predicted molar refractivity (Wildman–Crippen MR) is 68.4 cm³/mol. The van der Waals surface area contributed by atoms with Crippen molar-refractivity contribution in [3.63, 3.8) is 0 Å². The molecule has 2 atom stereocenters. The van der Waals surface area contributed by atoms with Gasteiger partial charge < -0.3 is 15.0 Å². The second-order valence-corrected chi connectivity index (χ2v) is 5.21. The number of carboxylic acids is 1. The summed E-state index contributed by atoms with van der Waals surface area (Å²) in [5.74, 6) is 0.241. The summed E-state index contributed by atoms with van der Waals surface area (Å²) in [6.45, 7) is 1.34. The molecule has 0 aromatic carbocycles. The summed E-state index contributed by atoms with van der Waals surface area (Å²) in [5.41, 5.74) is 0. The molecule has 6 heteroatoms. The Labute approximate surface area is 111 Å². The molecule has 2 unspecified atom stereocenters. The standard InChI is InChI=1S/C12H18ClN3O2/c1-16-10(13)6-15-11(16)7-14-5-8-3-2-4-9(8)12(17)18/h6,8-9,14H,2-5,7H2,1H3,(H,17,18). The average Bonchev–Trinajstić information content (AvgIpc) is 2.91. The van der Waals surface area contributed by atoms with Crippen LogP contribution in [0.5, 0.6) is 0 Å². The van der Waals surface area contributed by atoms with E-state index in [0.29, 0.717) is 11.7 Å². The second-order valence-electron chi connectivity index (χ2n) is 4.82. The van der Waals surface area contributed by atoms with Crippen molar-refractivity contribution in [3.8, 4) is 0 Å². The molecular weight excluding hydrogens is 254 g/mol. The van der Waals surface area contributed by atoms with Gasteiger partial charge in [0.05, 0.1) is 18.7 Å². The second kappa shape index (κ2) is 5.71. The molecule has 0 saturated heterocycles. The first kappa shape index (κ1) is 13.4. The average molecular weight is 272 g/mol. The van der Waals surface area contributed by atoms with Crippen molar-refractivity contribution in [2.24, 2.45) is 18.9 Å². The smallest absolute Gasteiger partial charge is 0.306 e. The first-order chi connectivity index (χ1) is 8.59. The summed E-state index contributed by atoms with van der Waals surface area (Å²) in [7, 11) is 1.86. The van der Waals surface area contributed by atoms with Crippen LogP contribution in [0.25, 0.3) is 0 Å². The van der Waals surface area contributed by atoms with E-state index >= 15 is 0 Å². The van der Waals surface area contributed by atoms with E-state index in [4.69, 9.17) is 16.7 Å². The van der Waals surface area contributed by atoms with Crippen molar-refractivity contribution in [1.29, 1.82) is 0 Å². The van der Waals surface area contributed by atoms with Gasteiger partial charge in [0.15, 0.2) is 0 Å². The van der Waals surface area contributed by atoms with Crippen LogP contribution in [-0.2, 0) is 18.4 Å². The van der Waals surface area contributed by atoms with Crippen LogP contribution in [0.2, 0.25) is 5.15 Å². The molecule has 1 saturated carbocycles. The molecule has 0 spiro atoms. The van der Waals surface area contributed by atoms with Crippen LogP contribution in [0, 0.1) is 11.8 Å². The maximum absolute atomic E-state index is 11.0. The van der Waals surface area contributed by atoms with Crippen LogP contribution >= 0.6 is 11.6 Å². The minimum atomic E-state index is -0.667. The molecule has 5 nitrogen and oxygen atoms in total. The lowest BCUT2D eigenvalue weighted by Gasteiger charge is -2.16. The first-order valence-electron chi connectivity index (χ1n) is 6.19. The van der Waals surface area contributed by atoms with E-state index in [1.807, 2.05) is 11.6 Å². The number of imidazole rings is 1. The topological polar surface area (TPSA) is 67.2 Å². The Morgan fingerprint density at radius 3 is 3.06 bits per heavy atom. The van der Waals surface area contributed by atoms with E-state index in [-0.39, 0.29) is 11.8 Å². The third-order valence-electron chi connectivity index (χ3n) is 3.69. The van der Waals surface area contributed by atoms with E-state index in [1.165, 1.54) is 0 Å². The van der Waals surface area contributed by atoms with Crippen LogP contribution < -0.4 is 5.32 Å². The van der Waals surface area contributed by atoms with Gasteiger partial charge in [-0.25, -0.2) is 4.98 Å². The zero-order chi connectivity index (χ0) is 13.1. The number of rotatable bonds is 5. The normalized spacial score (nSPS) is 23.4. The number of carboxylic acid groups (broad SMARTS) is 1. The predicted octanol–water partition coefficient (Wildman–Crippen LogP) is 1.66. The Kier molecular flexibility index (Phi) is 4.24. The molecule has 1 heterocycles. The van der Waals surface area contributed by atoms with E-state index in [0.717, 1.165) is 31.6 Å². The number of aliphatic carboxylic acids is 1. The number of halogens is 1. The van der Waals surface area contributed by atoms with Gasteiger partial charge in [-0.3, -0.25) is 4.79 Å². The number of hydrogen-bond donors (Lipinski definition) is 2. The molecule has 0 aliphatic heterocycles. The zero-order valence-electron chi connectivity index (χ0n) is 10.4. The molecule has 18 heavy (non-hydrogen) atoms. The summed E-state index contributed by atoms with van der Waals surface area (Å²) in [5, 5.41) is 13.0. The third-order valence-corrected chi connectivity index (χ3v) is 4.04. The van der Waals surface area contributed by atoms with Gasteiger partial charge >= 0.3 is 5.97 Å².